The summed E-state index contributed by atoms with van der Waals surface area (Å²) in [5.41, 5.74) is 5.45. The highest BCUT2D eigenvalue weighted by molar-refractivity contribution is 5.56. The molecule has 17 heavy (non-hydrogen) atoms. The van der Waals surface area contributed by atoms with Crippen LogP contribution in [-0.2, 0) is 7.05 Å². The number of hydrogen-bond acceptors (Lipinski definition) is 5. The molecule has 0 spiro atoms. The van der Waals surface area contributed by atoms with Crippen molar-refractivity contribution >= 4 is 11.5 Å². The van der Waals surface area contributed by atoms with E-state index in [2.05, 4.69) is 10.4 Å². The van der Waals surface area contributed by atoms with Crippen molar-refractivity contribution in [2.24, 2.45) is 18.7 Å². The van der Waals surface area contributed by atoms with E-state index in [4.69, 9.17) is 5.73 Å². The van der Waals surface area contributed by atoms with E-state index in [-0.39, 0.29) is 11.2 Å². The van der Waals surface area contributed by atoms with Crippen LogP contribution in [0.4, 0.5) is 11.5 Å². The summed E-state index contributed by atoms with van der Waals surface area (Å²) in [6.45, 7) is 2.43. The van der Waals surface area contributed by atoms with Crippen molar-refractivity contribution in [2.45, 2.75) is 25.3 Å². The number of aromatic nitrogens is 2. The molecule has 1 aromatic rings. The predicted molar refractivity (Wildman–Crippen MR) is 63.7 cm³/mol. The molecule has 3 N–H and O–H groups in total. The van der Waals surface area contributed by atoms with Gasteiger partial charge in [-0.15, -0.1) is 5.10 Å². The Morgan fingerprint density at radius 3 is 2.88 bits per heavy atom. The first-order chi connectivity index (χ1) is 7.96. The molecule has 1 aliphatic carbocycles. The molecule has 0 amide bonds. The van der Waals surface area contributed by atoms with Gasteiger partial charge in [0.25, 0.3) is 0 Å². The maximum atomic E-state index is 10.9. The quantitative estimate of drug-likeness (QED) is 0.586. The molecule has 0 bridgehead atoms. The van der Waals surface area contributed by atoms with Crippen molar-refractivity contribution in [3.8, 4) is 0 Å². The van der Waals surface area contributed by atoms with Gasteiger partial charge in [-0.25, -0.2) is 0 Å². The number of nitrogens with zero attached hydrogens (tertiary/aromatic N) is 3. The standard InChI is InChI=1S/C10H17N5O2/c1-10(6-11,7-3-4-7)12-9-8(15(16)17)5-14(2)13-9/h5,7H,3-4,6,11H2,1-2H3,(H,12,13). The molecular weight excluding hydrogens is 222 g/mol. The maximum absolute atomic E-state index is 10.9. The van der Waals surface area contributed by atoms with Crippen molar-refractivity contribution < 1.29 is 4.92 Å². The second-order valence-corrected chi connectivity index (χ2v) is 4.81. The van der Waals surface area contributed by atoms with Gasteiger partial charge in [0.2, 0.25) is 5.82 Å². The third-order valence-electron chi connectivity index (χ3n) is 3.31. The Bertz CT molecular complexity index is 440. The molecule has 1 fully saturated rings. The summed E-state index contributed by atoms with van der Waals surface area (Å²) in [5, 5.41) is 18.1. The summed E-state index contributed by atoms with van der Waals surface area (Å²) >= 11 is 0. The van der Waals surface area contributed by atoms with Gasteiger partial charge in [-0.05, 0) is 25.7 Å². The highest BCUT2D eigenvalue weighted by atomic mass is 16.6. The Hall–Kier alpha value is -1.63. The van der Waals surface area contributed by atoms with Gasteiger partial charge in [-0.1, -0.05) is 0 Å². The van der Waals surface area contributed by atoms with Gasteiger partial charge in [0.1, 0.15) is 6.20 Å². The van der Waals surface area contributed by atoms with Crippen molar-refractivity contribution in [3.63, 3.8) is 0 Å². The maximum Gasteiger partial charge on any atom is 0.330 e. The first-order valence-corrected chi connectivity index (χ1v) is 5.62. The van der Waals surface area contributed by atoms with Crippen LogP contribution in [0.2, 0.25) is 0 Å². The minimum absolute atomic E-state index is 0.00664. The number of aryl methyl sites for hydroxylation is 1. The van der Waals surface area contributed by atoms with Crippen molar-refractivity contribution in [1.29, 1.82) is 0 Å². The molecule has 1 aromatic heterocycles. The average Bonchev–Trinajstić information content (AvgIpc) is 3.04. The van der Waals surface area contributed by atoms with E-state index in [0.29, 0.717) is 18.3 Å². The Morgan fingerprint density at radius 2 is 2.41 bits per heavy atom. The zero-order valence-corrected chi connectivity index (χ0v) is 10.0. The lowest BCUT2D eigenvalue weighted by Gasteiger charge is -2.29. The van der Waals surface area contributed by atoms with Crippen LogP contribution in [-0.4, -0.2) is 26.8 Å². The topological polar surface area (TPSA) is 99.0 Å². The van der Waals surface area contributed by atoms with E-state index in [9.17, 15) is 10.1 Å². The van der Waals surface area contributed by atoms with Gasteiger partial charge in [-0.2, -0.15) is 0 Å². The number of hydrogen-bond donors (Lipinski definition) is 2. The molecule has 1 atom stereocenters. The lowest BCUT2D eigenvalue weighted by Crippen LogP contribution is -2.44. The van der Waals surface area contributed by atoms with E-state index in [1.807, 2.05) is 6.92 Å². The first-order valence-electron chi connectivity index (χ1n) is 5.62. The molecule has 1 heterocycles. The molecule has 7 heteroatoms. The van der Waals surface area contributed by atoms with Crippen molar-refractivity contribution in [3.05, 3.63) is 16.3 Å². The molecule has 1 saturated carbocycles. The van der Waals surface area contributed by atoms with E-state index < -0.39 is 4.92 Å². The average molecular weight is 239 g/mol. The Balaban J connectivity index is 2.25. The van der Waals surface area contributed by atoms with E-state index in [1.165, 1.54) is 10.9 Å². The summed E-state index contributed by atoms with van der Waals surface area (Å²) in [6.07, 6.45) is 3.62. The van der Waals surface area contributed by atoms with Crippen LogP contribution in [0, 0.1) is 16.0 Å². The molecule has 0 aliphatic heterocycles. The van der Waals surface area contributed by atoms with Crippen LogP contribution in [0.1, 0.15) is 19.8 Å². The molecule has 0 radical (unpaired) electrons. The molecule has 7 nitrogen and oxygen atoms in total. The number of nitrogens with two attached hydrogens (primary N) is 1. The van der Waals surface area contributed by atoms with Crippen molar-refractivity contribution in [2.75, 3.05) is 11.9 Å². The summed E-state index contributed by atoms with van der Waals surface area (Å²) in [4.78, 5) is 10.4. The minimum atomic E-state index is -0.431. The number of anilines is 1. The lowest BCUT2D eigenvalue weighted by molar-refractivity contribution is -0.384. The van der Waals surface area contributed by atoms with E-state index in [0.717, 1.165) is 12.8 Å². The minimum Gasteiger partial charge on any atom is -0.356 e. The third-order valence-corrected chi connectivity index (χ3v) is 3.31. The predicted octanol–water partition coefficient (Wildman–Crippen LogP) is 0.868. The largest absolute Gasteiger partial charge is 0.356 e. The summed E-state index contributed by atoms with van der Waals surface area (Å²) in [7, 11) is 1.66. The second-order valence-electron chi connectivity index (χ2n) is 4.81. The molecule has 2 rings (SSSR count). The lowest BCUT2D eigenvalue weighted by atomic mass is 9.96. The van der Waals surface area contributed by atoms with Crippen LogP contribution < -0.4 is 11.1 Å². The van der Waals surface area contributed by atoms with Crippen LogP contribution in [0.25, 0.3) is 0 Å². The SMILES string of the molecule is Cn1cc([N+](=O)[O-])c(NC(C)(CN)C2CC2)n1. The molecule has 1 unspecified atom stereocenters. The van der Waals surface area contributed by atoms with Gasteiger partial charge >= 0.3 is 5.69 Å². The van der Waals surface area contributed by atoms with Gasteiger partial charge in [-0.3, -0.25) is 14.8 Å². The highest BCUT2D eigenvalue weighted by Gasteiger charge is 2.42. The van der Waals surface area contributed by atoms with Gasteiger partial charge in [0.05, 0.1) is 10.5 Å². The van der Waals surface area contributed by atoms with Gasteiger partial charge in [0, 0.05) is 13.6 Å². The number of nitrogens with one attached hydrogen (secondary N) is 1. The van der Waals surface area contributed by atoms with Crippen LogP contribution in [0.3, 0.4) is 0 Å². The molecule has 0 saturated heterocycles. The first kappa shape index (κ1) is 11.8. The monoisotopic (exact) mass is 239 g/mol. The number of rotatable bonds is 5. The summed E-state index contributed by atoms with van der Waals surface area (Å²) in [6, 6.07) is 0. The third kappa shape index (κ3) is 2.23. The fourth-order valence-corrected chi connectivity index (χ4v) is 2.01. The summed E-state index contributed by atoms with van der Waals surface area (Å²) in [5.74, 6) is 0.784. The molecule has 1 aliphatic rings. The second kappa shape index (κ2) is 3.99. The fourth-order valence-electron chi connectivity index (χ4n) is 2.01. The zero-order valence-electron chi connectivity index (χ0n) is 10.0. The summed E-state index contributed by atoms with van der Waals surface area (Å²) < 4.78 is 1.43. The fraction of sp³-hybridized carbons (Fsp3) is 0.700. The zero-order chi connectivity index (χ0) is 12.6. The molecule has 0 aromatic carbocycles. The Kier molecular flexibility index (Phi) is 2.78. The van der Waals surface area contributed by atoms with Gasteiger partial charge < -0.3 is 11.1 Å². The Morgan fingerprint density at radius 1 is 1.76 bits per heavy atom. The van der Waals surface area contributed by atoms with Crippen LogP contribution in [0.5, 0.6) is 0 Å². The smallest absolute Gasteiger partial charge is 0.330 e. The highest BCUT2D eigenvalue weighted by Crippen LogP contribution is 2.41. The normalized spacial score (nSPS) is 18.8. The number of nitro groups is 1. The van der Waals surface area contributed by atoms with Crippen molar-refractivity contribution in [1.82, 2.24) is 9.78 Å². The Labute approximate surface area is 99.1 Å². The van der Waals surface area contributed by atoms with E-state index in [1.54, 1.807) is 7.05 Å². The van der Waals surface area contributed by atoms with Crippen LogP contribution in [0.15, 0.2) is 6.20 Å². The molecular formula is C10H17N5O2. The van der Waals surface area contributed by atoms with Crippen LogP contribution >= 0.6 is 0 Å². The van der Waals surface area contributed by atoms with E-state index >= 15 is 0 Å². The molecule has 94 valence electrons. The van der Waals surface area contributed by atoms with Gasteiger partial charge in [0.15, 0.2) is 0 Å².